The summed E-state index contributed by atoms with van der Waals surface area (Å²) in [4.78, 5) is 9.81. The van der Waals surface area contributed by atoms with Crippen LogP contribution in [0.5, 0.6) is 5.75 Å². The fourth-order valence-corrected chi connectivity index (χ4v) is 2.45. The molecule has 0 aromatic heterocycles. The number of hydrogen-bond donors (Lipinski definition) is 0. The van der Waals surface area contributed by atoms with Crippen molar-refractivity contribution in [2.24, 2.45) is 0 Å². The molecule has 0 heterocycles. The van der Waals surface area contributed by atoms with Gasteiger partial charge in [-0.25, -0.2) is 8.42 Å². The molecule has 9 heteroatoms. The van der Waals surface area contributed by atoms with E-state index in [1.807, 2.05) is 0 Å². The topological polar surface area (TPSA) is 84.2 Å². The molecular weight excluding hydrogens is 292 g/mol. The third-order valence-corrected chi connectivity index (χ3v) is 3.19. The van der Waals surface area contributed by atoms with Gasteiger partial charge in [-0.2, -0.15) is 14.0 Å². The van der Waals surface area contributed by atoms with Gasteiger partial charge >= 0.3 is 6.61 Å². The first-order valence-corrected chi connectivity index (χ1v) is 6.53. The number of rotatable bonds is 4. The molecule has 0 spiro atoms. The van der Waals surface area contributed by atoms with Gasteiger partial charge in [-0.15, -0.1) is 0 Å². The smallest absolute Gasteiger partial charge is 0.387 e. The standard InChI is InChI=1S/C9H4ClF2NO4S/c10-18(15,16)8-6(4-14)1-5(3-13)2-7(8)17-9(11)12/h1-2,4,9H. The molecule has 0 aliphatic rings. The number of alkyl halides is 2. The summed E-state index contributed by atoms with van der Waals surface area (Å²) in [6.45, 7) is -3.32. The van der Waals surface area contributed by atoms with E-state index in [0.29, 0.717) is 0 Å². The Bertz CT molecular complexity index is 624. The van der Waals surface area contributed by atoms with Gasteiger partial charge in [0.15, 0.2) is 6.29 Å². The average Bonchev–Trinajstić information content (AvgIpc) is 2.25. The molecule has 1 aromatic rings. The van der Waals surface area contributed by atoms with Crippen LogP contribution in [-0.4, -0.2) is 21.3 Å². The van der Waals surface area contributed by atoms with Crippen LogP contribution in [0.15, 0.2) is 17.0 Å². The first kappa shape index (κ1) is 14.3. The van der Waals surface area contributed by atoms with Gasteiger partial charge in [0.25, 0.3) is 9.05 Å². The van der Waals surface area contributed by atoms with Crippen molar-refractivity contribution in [3.05, 3.63) is 23.3 Å². The first-order valence-electron chi connectivity index (χ1n) is 4.22. The van der Waals surface area contributed by atoms with E-state index >= 15 is 0 Å². The zero-order valence-corrected chi connectivity index (χ0v) is 10.0. The van der Waals surface area contributed by atoms with Crippen LogP contribution in [0, 0.1) is 11.3 Å². The maximum absolute atomic E-state index is 12.1. The predicted octanol–water partition coefficient (Wildman–Crippen LogP) is 1.90. The number of aldehydes is 1. The van der Waals surface area contributed by atoms with E-state index in [1.165, 1.54) is 0 Å². The van der Waals surface area contributed by atoms with Gasteiger partial charge in [0.1, 0.15) is 10.6 Å². The van der Waals surface area contributed by atoms with Gasteiger partial charge in [0, 0.05) is 16.2 Å². The largest absolute Gasteiger partial charge is 0.433 e. The van der Waals surface area contributed by atoms with Gasteiger partial charge in [-0.05, 0) is 12.1 Å². The summed E-state index contributed by atoms with van der Waals surface area (Å²) in [6, 6.07) is 3.23. The van der Waals surface area contributed by atoms with Crippen LogP contribution in [0.4, 0.5) is 8.78 Å². The highest BCUT2D eigenvalue weighted by atomic mass is 35.7. The van der Waals surface area contributed by atoms with Gasteiger partial charge in [0.2, 0.25) is 0 Å². The van der Waals surface area contributed by atoms with Crippen LogP contribution < -0.4 is 4.74 Å². The van der Waals surface area contributed by atoms with Crippen molar-refractivity contribution in [1.82, 2.24) is 0 Å². The number of nitrogens with zero attached hydrogens (tertiary/aromatic N) is 1. The molecule has 0 N–H and O–H groups in total. The monoisotopic (exact) mass is 295 g/mol. The SMILES string of the molecule is N#Cc1cc(C=O)c(S(=O)(=O)Cl)c(OC(F)F)c1. The molecule has 0 unspecified atom stereocenters. The average molecular weight is 296 g/mol. The lowest BCUT2D eigenvalue weighted by Gasteiger charge is -2.10. The Morgan fingerprint density at radius 2 is 2.06 bits per heavy atom. The molecule has 0 radical (unpaired) electrons. The van der Waals surface area contributed by atoms with Crippen molar-refractivity contribution >= 4 is 26.0 Å². The molecule has 0 bridgehead atoms. The zero-order valence-electron chi connectivity index (χ0n) is 8.43. The number of carbonyl (C=O) groups excluding carboxylic acids is 1. The molecule has 0 saturated heterocycles. The fraction of sp³-hybridized carbons (Fsp3) is 0.111. The molecule has 0 aliphatic carbocycles. The van der Waals surface area contributed by atoms with Crippen molar-refractivity contribution in [3.63, 3.8) is 0 Å². The molecule has 0 saturated carbocycles. The molecule has 0 amide bonds. The van der Waals surface area contributed by atoms with Crippen molar-refractivity contribution in [3.8, 4) is 11.8 Å². The Kier molecular flexibility index (Phi) is 4.21. The Balaban J connectivity index is 3.64. The number of benzene rings is 1. The Morgan fingerprint density at radius 3 is 2.44 bits per heavy atom. The second-order valence-corrected chi connectivity index (χ2v) is 5.44. The Hall–Kier alpha value is -1.72. The maximum Gasteiger partial charge on any atom is 0.387 e. The van der Waals surface area contributed by atoms with Crippen LogP contribution in [0.2, 0.25) is 0 Å². The van der Waals surface area contributed by atoms with E-state index < -0.39 is 31.9 Å². The van der Waals surface area contributed by atoms with Crippen LogP contribution in [0.25, 0.3) is 0 Å². The number of ether oxygens (including phenoxy) is 1. The molecule has 1 aromatic carbocycles. The number of carbonyl (C=O) groups is 1. The van der Waals surface area contributed by atoms with Crippen LogP contribution in [-0.2, 0) is 9.05 Å². The summed E-state index contributed by atoms with van der Waals surface area (Å²) >= 11 is 0. The third kappa shape index (κ3) is 3.15. The third-order valence-electron chi connectivity index (χ3n) is 1.80. The minimum atomic E-state index is -4.47. The molecule has 0 aliphatic heterocycles. The highest BCUT2D eigenvalue weighted by Crippen LogP contribution is 2.32. The van der Waals surface area contributed by atoms with Crippen molar-refractivity contribution in [2.45, 2.75) is 11.5 Å². The summed E-state index contributed by atoms with van der Waals surface area (Å²) in [5.41, 5.74) is -0.739. The van der Waals surface area contributed by atoms with Crippen LogP contribution >= 0.6 is 10.7 Å². The normalized spacial score (nSPS) is 11.1. The quantitative estimate of drug-likeness (QED) is 0.625. The van der Waals surface area contributed by atoms with E-state index in [4.69, 9.17) is 15.9 Å². The number of hydrogen-bond acceptors (Lipinski definition) is 5. The minimum Gasteiger partial charge on any atom is -0.433 e. The van der Waals surface area contributed by atoms with Gasteiger partial charge in [-0.1, -0.05) is 0 Å². The first-order chi connectivity index (χ1) is 8.29. The molecule has 96 valence electrons. The van der Waals surface area contributed by atoms with E-state index in [1.54, 1.807) is 6.07 Å². The fourth-order valence-electron chi connectivity index (χ4n) is 1.22. The van der Waals surface area contributed by atoms with Crippen molar-refractivity contribution < 1.29 is 26.7 Å². The van der Waals surface area contributed by atoms with Gasteiger partial charge < -0.3 is 4.74 Å². The molecule has 18 heavy (non-hydrogen) atoms. The van der Waals surface area contributed by atoms with E-state index in [0.717, 1.165) is 12.1 Å². The highest BCUT2D eigenvalue weighted by molar-refractivity contribution is 8.13. The Morgan fingerprint density at radius 1 is 1.44 bits per heavy atom. The molecule has 0 fully saturated rings. The summed E-state index contributed by atoms with van der Waals surface area (Å²) in [6.07, 6.45) is 0.0778. The van der Waals surface area contributed by atoms with Crippen molar-refractivity contribution in [2.75, 3.05) is 0 Å². The van der Waals surface area contributed by atoms with Crippen LogP contribution in [0.3, 0.4) is 0 Å². The molecule has 1 rings (SSSR count). The van der Waals surface area contributed by atoms with E-state index in [9.17, 15) is 22.0 Å². The summed E-state index contributed by atoms with van der Waals surface area (Å²) in [7, 11) is 0.559. The highest BCUT2D eigenvalue weighted by Gasteiger charge is 2.24. The van der Waals surface area contributed by atoms with Gasteiger partial charge in [-0.3, -0.25) is 4.79 Å². The molecule has 0 atom stereocenters. The maximum atomic E-state index is 12.1. The molecule has 5 nitrogen and oxygen atoms in total. The van der Waals surface area contributed by atoms with Gasteiger partial charge in [0.05, 0.1) is 11.6 Å². The summed E-state index contributed by atoms with van der Waals surface area (Å²) in [5, 5.41) is 8.62. The number of halogens is 3. The van der Waals surface area contributed by atoms with E-state index in [-0.39, 0.29) is 11.8 Å². The lowest BCUT2D eigenvalue weighted by atomic mass is 10.1. The second kappa shape index (κ2) is 5.29. The number of nitriles is 1. The molecular formula is C9H4ClF2NO4S. The zero-order chi connectivity index (χ0) is 13.9. The predicted molar refractivity (Wildman–Crippen MR) is 56.2 cm³/mol. The van der Waals surface area contributed by atoms with Crippen molar-refractivity contribution in [1.29, 1.82) is 5.26 Å². The van der Waals surface area contributed by atoms with Crippen LogP contribution in [0.1, 0.15) is 15.9 Å². The van der Waals surface area contributed by atoms with E-state index in [2.05, 4.69) is 4.74 Å². The summed E-state index contributed by atoms with van der Waals surface area (Å²) < 4.78 is 50.6. The lowest BCUT2D eigenvalue weighted by Crippen LogP contribution is -2.08. The minimum absolute atomic E-state index is 0.0778. The lowest BCUT2D eigenvalue weighted by molar-refractivity contribution is -0.0517. The summed E-state index contributed by atoms with van der Waals surface area (Å²) in [5.74, 6) is -0.846. The second-order valence-electron chi connectivity index (χ2n) is 2.94. The Labute approximate surface area is 105 Å².